The van der Waals surface area contributed by atoms with Crippen LogP contribution in [0.25, 0.3) is 0 Å². The number of hydrogen-bond donors (Lipinski definition) is 2. The Labute approximate surface area is 67.2 Å². The molecule has 0 radical (unpaired) electrons. The fourth-order valence-electron chi connectivity index (χ4n) is 0.460. The summed E-state index contributed by atoms with van der Waals surface area (Å²) in [7, 11) is 0. The molecule has 0 spiro atoms. The molecule has 0 aromatic rings. The lowest BCUT2D eigenvalue weighted by atomic mass is 10.2. The van der Waals surface area contributed by atoms with Gasteiger partial charge in [-0.1, -0.05) is 18.5 Å². The predicted molar refractivity (Wildman–Crippen MR) is 45.5 cm³/mol. The van der Waals surface area contributed by atoms with Crippen LogP contribution in [0.3, 0.4) is 0 Å². The summed E-state index contributed by atoms with van der Waals surface area (Å²) in [5, 5.41) is 10.8. The standard InChI is InChI=1S/C8H10OS/c9-7-5-3-1-2-4-6-8-10/h9-10H,1,3,5,7H2. The maximum atomic E-state index is 8.38. The lowest BCUT2D eigenvalue weighted by Gasteiger charge is -1.86. The summed E-state index contributed by atoms with van der Waals surface area (Å²) in [4.78, 5) is 0. The number of aliphatic hydroxyl groups is 1. The normalized spacial score (nSPS) is 7.00. The van der Waals surface area contributed by atoms with Gasteiger partial charge in [-0.3, -0.25) is 0 Å². The zero-order valence-electron chi connectivity index (χ0n) is 5.72. The third kappa shape index (κ3) is 7.43. The molecule has 0 saturated carbocycles. The van der Waals surface area contributed by atoms with E-state index in [0.29, 0.717) is 0 Å². The highest BCUT2D eigenvalue weighted by atomic mass is 32.1. The highest BCUT2D eigenvalue weighted by Gasteiger charge is 1.79. The Balaban J connectivity index is 3.17. The Morgan fingerprint density at radius 2 is 2.00 bits per heavy atom. The van der Waals surface area contributed by atoms with Gasteiger partial charge in [0.05, 0.1) is 0 Å². The van der Waals surface area contributed by atoms with E-state index >= 15 is 0 Å². The van der Waals surface area contributed by atoms with Gasteiger partial charge in [-0.2, -0.15) is 0 Å². The minimum Gasteiger partial charge on any atom is -0.396 e. The number of unbranched alkanes of at least 4 members (excludes halogenated alkanes) is 2. The van der Waals surface area contributed by atoms with Crippen molar-refractivity contribution in [3.8, 4) is 23.0 Å². The van der Waals surface area contributed by atoms with Gasteiger partial charge in [0.25, 0.3) is 0 Å². The summed E-state index contributed by atoms with van der Waals surface area (Å²) in [6.07, 6.45) is 2.57. The van der Waals surface area contributed by atoms with Gasteiger partial charge in [-0.15, -0.1) is 0 Å². The quantitative estimate of drug-likeness (QED) is 0.353. The minimum atomic E-state index is 0.250. The number of hydrogen-bond acceptors (Lipinski definition) is 2. The van der Waals surface area contributed by atoms with Crippen molar-refractivity contribution in [1.29, 1.82) is 0 Å². The van der Waals surface area contributed by atoms with Crippen molar-refractivity contribution >= 4 is 12.6 Å². The number of aliphatic hydroxyl groups excluding tert-OH is 1. The molecule has 10 heavy (non-hydrogen) atoms. The van der Waals surface area contributed by atoms with Crippen LogP contribution < -0.4 is 0 Å². The second kappa shape index (κ2) is 8.43. The van der Waals surface area contributed by atoms with E-state index < -0.39 is 0 Å². The molecule has 1 N–H and O–H groups in total. The molecule has 0 heterocycles. The van der Waals surface area contributed by atoms with E-state index in [1.807, 2.05) is 0 Å². The first-order valence-electron chi connectivity index (χ1n) is 3.14. The molecule has 0 fully saturated rings. The first kappa shape index (κ1) is 9.43. The Bertz CT molecular complexity index is 177. The molecule has 0 amide bonds. The van der Waals surface area contributed by atoms with Gasteiger partial charge in [-0.25, -0.2) is 0 Å². The Hall–Kier alpha value is -0.570. The molecule has 0 aliphatic carbocycles. The topological polar surface area (TPSA) is 20.2 Å². The van der Waals surface area contributed by atoms with Crippen LogP contribution in [0.2, 0.25) is 0 Å². The molecule has 54 valence electrons. The molecule has 0 aromatic heterocycles. The third-order valence-corrected chi connectivity index (χ3v) is 1.03. The summed E-state index contributed by atoms with van der Waals surface area (Å²) in [6.45, 7) is 0.250. The van der Waals surface area contributed by atoms with Crippen molar-refractivity contribution in [3.63, 3.8) is 0 Å². The molecule has 0 bridgehead atoms. The minimum absolute atomic E-state index is 0.250. The number of rotatable bonds is 3. The fourth-order valence-corrected chi connectivity index (χ4v) is 0.516. The van der Waals surface area contributed by atoms with Crippen LogP contribution in [0.5, 0.6) is 0 Å². The van der Waals surface area contributed by atoms with Gasteiger partial charge in [-0.05, 0) is 29.9 Å². The molecule has 0 atom stereocenters. The average molecular weight is 154 g/mol. The van der Waals surface area contributed by atoms with Crippen LogP contribution in [-0.4, -0.2) is 11.7 Å². The van der Waals surface area contributed by atoms with Gasteiger partial charge in [0.1, 0.15) is 0 Å². The zero-order valence-corrected chi connectivity index (χ0v) is 6.62. The summed E-state index contributed by atoms with van der Waals surface area (Å²) < 4.78 is 0. The van der Waals surface area contributed by atoms with Crippen molar-refractivity contribution in [2.75, 3.05) is 6.61 Å². The highest BCUT2D eigenvalue weighted by molar-refractivity contribution is 7.85. The first-order chi connectivity index (χ1) is 4.91. The second-order valence-corrected chi connectivity index (χ2v) is 1.94. The lowest BCUT2D eigenvalue weighted by molar-refractivity contribution is 0.285. The van der Waals surface area contributed by atoms with E-state index in [0.717, 1.165) is 19.3 Å². The molecule has 0 rings (SSSR count). The second-order valence-electron chi connectivity index (χ2n) is 1.72. The molecule has 0 saturated heterocycles. The Kier molecular flexibility index (Phi) is 7.95. The molecule has 1 nitrogen and oxygen atoms in total. The van der Waals surface area contributed by atoms with Crippen LogP contribution in [-0.2, 0) is 0 Å². The van der Waals surface area contributed by atoms with Crippen molar-refractivity contribution in [2.45, 2.75) is 19.3 Å². The van der Waals surface area contributed by atoms with Gasteiger partial charge < -0.3 is 5.11 Å². The molecular formula is C8H10OS. The van der Waals surface area contributed by atoms with E-state index in [9.17, 15) is 0 Å². The van der Waals surface area contributed by atoms with Crippen LogP contribution in [0.15, 0.2) is 0 Å². The maximum Gasteiger partial charge on any atom is 0.0431 e. The highest BCUT2D eigenvalue weighted by Crippen LogP contribution is 1.90. The first-order valence-corrected chi connectivity index (χ1v) is 3.59. The van der Waals surface area contributed by atoms with Crippen molar-refractivity contribution in [2.24, 2.45) is 0 Å². The third-order valence-electron chi connectivity index (χ3n) is 0.917. The average Bonchev–Trinajstić information content (AvgIpc) is 1.97. The van der Waals surface area contributed by atoms with Crippen LogP contribution in [0, 0.1) is 23.0 Å². The molecule has 0 aliphatic rings. The molecule has 2 heteroatoms. The largest absolute Gasteiger partial charge is 0.396 e. The summed E-state index contributed by atoms with van der Waals surface area (Å²) in [5.74, 6) is 7.98. The van der Waals surface area contributed by atoms with E-state index in [-0.39, 0.29) is 6.61 Å². The zero-order chi connectivity index (χ0) is 7.66. The fraction of sp³-hybridized carbons (Fsp3) is 0.500. The van der Waals surface area contributed by atoms with Crippen molar-refractivity contribution in [1.82, 2.24) is 0 Å². The van der Waals surface area contributed by atoms with Crippen LogP contribution in [0.4, 0.5) is 0 Å². The molecule has 0 aliphatic heterocycles. The maximum absolute atomic E-state index is 8.38. The smallest absolute Gasteiger partial charge is 0.0431 e. The van der Waals surface area contributed by atoms with Crippen molar-refractivity contribution in [3.05, 3.63) is 0 Å². The van der Waals surface area contributed by atoms with Crippen LogP contribution in [0.1, 0.15) is 19.3 Å². The van der Waals surface area contributed by atoms with E-state index in [4.69, 9.17) is 5.11 Å². The van der Waals surface area contributed by atoms with E-state index in [1.54, 1.807) is 0 Å². The van der Waals surface area contributed by atoms with Gasteiger partial charge in [0.2, 0.25) is 0 Å². The summed E-state index contributed by atoms with van der Waals surface area (Å²) >= 11 is 3.66. The molecule has 0 aromatic carbocycles. The molecular weight excluding hydrogens is 144 g/mol. The summed E-state index contributed by atoms with van der Waals surface area (Å²) in [5.41, 5.74) is 0. The van der Waals surface area contributed by atoms with E-state index in [2.05, 4.69) is 35.6 Å². The van der Waals surface area contributed by atoms with Gasteiger partial charge >= 0.3 is 0 Å². The van der Waals surface area contributed by atoms with Gasteiger partial charge in [0, 0.05) is 13.0 Å². The predicted octanol–water partition coefficient (Wildman–Crippen LogP) is 1.04. The van der Waals surface area contributed by atoms with Crippen LogP contribution >= 0.6 is 12.6 Å². The number of thiol groups is 1. The Morgan fingerprint density at radius 1 is 1.20 bits per heavy atom. The summed E-state index contributed by atoms with van der Waals surface area (Å²) in [6, 6.07) is 0. The van der Waals surface area contributed by atoms with Crippen molar-refractivity contribution < 1.29 is 5.11 Å². The lowest BCUT2D eigenvalue weighted by Crippen LogP contribution is -1.80. The monoisotopic (exact) mass is 154 g/mol. The van der Waals surface area contributed by atoms with E-state index in [1.165, 1.54) is 0 Å². The van der Waals surface area contributed by atoms with Gasteiger partial charge in [0.15, 0.2) is 0 Å². The SMILES string of the molecule is OCCCCC#CC#CS. The Morgan fingerprint density at radius 3 is 2.60 bits per heavy atom. The molecule has 0 unspecified atom stereocenters.